The summed E-state index contributed by atoms with van der Waals surface area (Å²) < 4.78 is 5.18. The standard InChI is InChI=1S/C23H26N4O2S/c1-16-4-3-5-17(14-16)15-27-12-10-18(11-13-27)21(28)24-23-26-25-22(30-23)19-6-8-20(29-2)9-7-19/h3-9,14,18H,10-13,15H2,1-2H3,(H,24,26,28). The summed E-state index contributed by atoms with van der Waals surface area (Å²) in [4.78, 5) is 15.1. The maximum atomic E-state index is 12.7. The number of amides is 1. The topological polar surface area (TPSA) is 67.4 Å². The molecule has 0 aliphatic carbocycles. The first-order valence-electron chi connectivity index (χ1n) is 10.2. The van der Waals surface area contributed by atoms with Gasteiger partial charge in [-0.15, -0.1) is 10.2 Å². The molecule has 156 valence electrons. The number of carbonyl (C=O) groups excluding carboxylic acids is 1. The Bertz CT molecular complexity index is 994. The summed E-state index contributed by atoms with van der Waals surface area (Å²) in [5, 5.41) is 12.6. The number of methoxy groups -OCH3 is 1. The molecule has 1 aromatic heterocycles. The smallest absolute Gasteiger partial charge is 0.229 e. The quantitative estimate of drug-likeness (QED) is 0.639. The van der Waals surface area contributed by atoms with E-state index in [1.807, 2.05) is 24.3 Å². The third-order valence-corrected chi connectivity index (χ3v) is 6.33. The molecule has 0 unspecified atom stereocenters. The number of nitrogens with one attached hydrogen (secondary N) is 1. The van der Waals surface area contributed by atoms with Gasteiger partial charge in [0.25, 0.3) is 0 Å². The summed E-state index contributed by atoms with van der Waals surface area (Å²) in [7, 11) is 1.64. The third kappa shape index (κ3) is 5.04. The number of anilines is 1. The van der Waals surface area contributed by atoms with Gasteiger partial charge in [0.1, 0.15) is 10.8 Å². The molecule has 0 spiro atoms. The first-order chi connectivity index (χ1) is 14.6. The Labute approximate surface area is 180 Å². The van der Waals surface area contributed by atoms with E-state index < -0.39 is 0 Å². The summed E-state index contributed by atoms with van der Waals surface area (Å²) in [6.07, 6.45) is 1.73. The second-order valence-corrected chi connectivity index (χ2v) is 8.65. The van der Waals surface area contributed by atoms with Crippen molar-refractivity contribution >= 4 is 22.4 Å². The van der Waals surface area contributed by atoms with Crippen molar-refractivity contribution in [2.45, 2.75) is 26.3 Å². The van der Waals surface area contributed by atoms with Crippen LogP contribution in [0.2, 0.25) is 0 Å². The highest BCUT2D eigenvalue weighted by molar-refractivity contribution is 7.18. The Morgan fingerprint density at radius 2 is 1.93 bits per heavy atom. The first-order valence-corrected chi connectivity index (χ1v) is 11.0. The molecule has 30 heavy (non-hydrogen) atoms. The van der Waals surface area contributed by atoms with E-state index in [2.05, 4.69) is 51.6 Å². The molecular weight excluding hydrogens is 396 g/mol. The molecule has 0 radical (unpaired) electrons. The molecule has 1 fully saturated rings. The predicted octanol–water partition coefficient (Wildman–Crippen LogP) is 4.37. The van der Waals surface area contributed by atoms with Crippen LogP contribution in [0.5, 0.6) is 5.75 Å². The van der Waals surface area contributed by atoms with Gasteiger partial charge in [-0.05, 0) is 62.7 Å². The van der Waals surface area contributed by atoms with Gasteiger partial charge in [0.05, 0.1) is 7.11 Å². The number of carbonyl (C=O) groups is 1. The van der Waals surface area contributed by atoms with Crippen LogP contribution in [-0.2, 0) is 11.3 Å². The molecular formula is C23H26N4O2S. The molecule has 2 aromatic carbocycles. The summed E-state index contributed by atoms with van der Waals surface area (Å²) in [6, 6.07) is 16.3. The van der Waals surface area contributed by atoms with E-state index in [9.17, 15) is 4.79 Å². The van der Waals surface area contributed by atoms with Crippen LogP contribution in [0, 0.1) is 12.8 Å². The number of hydrogen-bond acceptors (Lipinski definition) is 6. The lowest BCUT2D eigenvalue weighted by Crippen LogP contribution is -2.37. The number of aryl methyl sites for hydroxylation is 1. The third-order valence-electron chi connectivity index (χ3n) is 5.44. The van der Waals surface area contributed by atoms with Gasteiger partial charge in [-0.1, -0.05) is 41.2 Å². The Kier molecular flexibility index (Phi) is 6.40. The van der Waals surface area contributed by atoms with Gasteiger partial charge >= 0.3 is 0 Å². The highest BCUT2D eigenvalue weighted by atomic mass is 32.1. The molecule has 7 heteroatoms. The Morgan fingerprint density at radius 3 is 2.63 bits per heavy atom. The zero-order valence-corrected chi connectivity index (χ0v) is 18.1. The summed E-state index contributed by atoms with van der Waals surface area (Å²) in [5.74, 6) is 0.861. The Morgan fingerprint density at radius 1 is 1.17 bits per heavy atom. The van der Waals surface area contributed by atoms with E-state index in [-0.39, 0.29) is 11.8 Å². The van der Waals surface area contributed by atoms with Gasteiger partial charge in [-0.25, -0.2) is 0 Å². The van der Waals surface area contributed by atoms with Crippen LogP contribution in [0.3, 0.4) is 0 Å². The van der Waals surface area contributed by atoms with Crippen LogP contribution in [-0.4, -0.2) is 41.2 Å². The van der Waals surface area contributed by atoms with Crippen molar-refractivity contribution in [3.8, 4) is 16.3 Å². The van der Waals surface area contributed by atoms with Crippen molar-refractivity contribution in [1.29, 1.82) is 0 Å². The molecule has 1 amide bonds. The molecule has 4 rings (SSSR count). The lowest BCUT2D eigenvalue weighted by Gasteiger charge is -2.31. The predicted molar refractivity (Wildman–Crippen MR) is 120 cm³/mol. The van der Waals surface area contributed by atoms with E-state index in [1.165, 1.54) is 22.5 Å². The van der Waals surface area contributed by atoms with Crippen molar-refractivity contribution in [2.24, 2.45) is 5.92 Å². The number of aromatic nitrogens is 2. The lowest BCUT2D eigenvalue weighted by atomic mass is 9.95. The van der Waals surface area contributed by atoms with Crippen molar-refractivity contribution < 1.29 is 9.53 Å². The van der Waals surface area contributed by atoms with Crippen molar-refractivity contribution in [3.05, 3.63) is 59.7 Å². The SMILES string of the molecule is COc1ccc(-c2nnc(NC(=O)C3CCN(Cc4cccc(C)c4)CC3)s2)cc1. The average molecular weight is 423 g/mol. The molecule has 1 aliphatic rings. The molecule has 3 aromatic rings. The number of likely N-dealkylation sites (tertiary alicyclic amines) is 1. The maximum Gasteiger partial charge on any atom is 0.229 e. The van der Waals surface area contributed by atoms with Crippen LogP contribution >= 0.6 is 11.3 Å². The molecule has 1 aliphatic heterocycles. The Hall–Kier alpha value is -2.77. The number of piperidine rings is 1. The van der Waals surface area contributed by atoms with Gasteiger partial charge in [0, 0.05) is 18.0 Å². The number of hydrogen-bond donors (Lipinski definition) is 1. The molecule has 0 saturated carbocycles. The van der Waals surface area contributed by atoms with Gasteiger partial charge < -0.3 is 10.1 Å². The number of nitrogens with zero attached hydrogens (tertiary/aromatic N) is 3. The monoisotopic (exact) mass is 422 g/mol. The van der Waals surface area contributed by atoms with Gasteiger partial charge in [-0.3, -0.25) is 9.69 Å². The fourth-order valence-electron chi connectivity index (χ4n) is 3.75. The molecule has 0 bridgehead atoms. The second kappa shape index (κ2) is 9.36. The first kappa shape index (κ1) is 20.5. The molecule has 0 atom stereocenters. The fourth-order valence-corrected chi connectivity index (χ4v) is 4.51. The van der Waals surface area contributed by atoms with E-state index in [0.717, 1.165) is 48.8 Å². The van der Waals surface area contributed by atoms with Crippen LogP contribution in [0.15, 0.2) is 48.5 Å². The van der Waals surface area contributed by atoms with E-state index in [4.69, 9.17) is 4.74 Å². The normalized spacial score (nSPS) is 15.1. The highest BCUT2D eigenvalue weighted by Crippen LogP contribution is 2.29. The van der Waals surface area contributed by atoms with Gasteiger partial charge in [0.15, 0.2) is 0 Å². The van der Waals surface area contributed by atoms with Crippen LogP contribution in [0.1, 0.15) is 24.0 Å². The largest absolute Gasteiger partial charge is 0.497 e. The zero-order chi connectivity index (χ0) is 20.9. The molecule has 1 saturated heterocycles. The molecule has 6 nitrogen and oxygen atoms in total. The molecule has 2 heterocycles. The molecule has 1 N–H and O–H groups in total. The zero-order valence-electron chi connectivity index (χ0n) is 17.3. The number of rotatable bonds is 6. The second-order valence-electron chi connectivity index (χ2n) is 7.67. The van der Waals surface area contributed by atoms with Crippen molar-refractivity contribution in [3.63, 3.8) is 0 Å². The van der Waals surface area contributed by atoms with Crippen molar-refractivity contribution in [1.82, 2.24) is 15.1 Å². The minimum absolute atomic E-state index is 0.0205. The Balaban J connectivity index is 1.29. The average Bonchev–Trinajstić information content (AvgIpc) is 3.23. The van der Waals surface area contributed by atoms with Crippen molar-refractivity contribution in [2.75, 3.05) is 25.5 Å². The van der Waals surface area contributed by atoms with Gasteiger partial charge in [0.2, 0.25) is 11.0 Å². The summed E-state index contributed by atoms with van der Waals surface area (Å²) >= 11 is 1.39. The number of benzene rings is 2. The highest BCUT2D eigenvalue weighted by Gasteiger charge is 2.25. The lowest BCUT2D eigenvalue weighted by molar-refractivity contribution is -0.121. The van der Waals surface area contributed by atoms with Crippen LogP contribution < -0.4 is 10.1 Å². The van der Waals surface area contributed by atoms with Gasteiger partial charge in [-0.2, -0.15) is 0 Å². The fraction of sp³-hybridized carbons (Fsp3) is 0.348. The van der Waals surface area contributed by atoms with E-state index in [1.54, 1.807) is 7.11 Å². The van der Waals surface area contributed by atoms with E-state index >= 15 is 0 Å². The minimum Gasteiger partial charge on any atom is -0.497 e. The number of ether oxygens (including phenoxy) is 1. The summed E-state index contributed by atoms with van der Waals surface area (Å²) in [6.45, 7) is 4.92. The summed E-state index contributed by atoms with van der Waals surface area (Å²) in [5.41, 5.74) is 3.57. The maximum absolute atomic E-state index is 12.7. The van der Waals surface area contributed by atoms with Crippen LogP contribution in [0.4, 0.5) is 5.13 Å². The minimum atomic E-state index is 0.0205. The van der Waals surface area contributed by atoms with E-state index in [0.29, 0.717) is 5.13 Å². The van der Waals surface area contributed by atoms with Crippen LogP contribution in [0.25, 0.3) is 10.6 Å².